The maximum Gasteiger partial charge on any atom is 0.338 e. The van der Waals surface area contributed by atoms with Gasteiger partial charge < -0.3 is 20.5 Å². The number of esters is 1. The monoisotopic (exact) mass is 280 g/mol. The summed E-state index contributed by atoms with van der Waals surface area (Å²) < 4.78 is 10.1. The van der Waals surface area contributed by atoms with E-state index in [9.17, 15) is 9.59 Å². The molecule has 1 unspecified atom stereocenters. The third-order valence-electron chi connectivity index (χ3n) is 2.67. The molecule has 110 valence electrons. The highest BCUT2D eigenvalue weighted by Gasteiger charge is 2.18. The van der Waals surface area contributed by atoms with Crippen molar-refractivity contribution in [2.75, 3.05) is 19.4 Å². The second-order valence-electron chi connectivity index (χ2n) is 4.30. The number of carbonyl (C=O) groups is 2. The van der Waals surface area contributed by atoms with Crippen LogP contribution < -0.4 is 15.8 Å². The Balaban J connectivity index is 2.66. The van der Waals surface area contributed by atoms with Crippen molar-refractivity contribution in [3.05, 3.63) is 23.8 Å². The number of benzene rings is 1. The lowest BCUT2D eigenvalue weighted by Crippen LogP contribution is -2.36. The van der Waals surface area contributed by atoms with Crippen LogP contribution in [-0.4, -0.2) is 31.6 Å². The van der Waals surface area contributed by atoms with Crippen molar-refractivity contribution >= 4 is 17.6 Å². The van der Waals surface area contributed by atoms with Crippen molar-refractivity contribution in [2.45, 2.75) is 26.4 Å². The lowest BCUT2D eigenvalue weighted by Gasteiger charge is -2.13. The first-order valence-electron chi connectivity index (χ1n) is 6.41. The molecule has 0 spiro atoms. The Morgan fingerprint density at radius 3 is 2.65 bits per heavy atom. The van der Waals surface area contributed by atoms with Gasteiger partial charge in [0, 0.05) is 6.54 Å². The van der Waals surface area contributed by atoms with Gasteiger partial charge >= 0.3 is 5.97 Å². The van der Waals surface area contributed by atoms with E-state index in [2.05, 4.69) is 5.32 Å². The second kappa shape index (κ2) is 7.37. The van der Waals surface area contributed by atoms with Crippen LogP contribution in [0.2, 0.25) is 0 Å². The largest absolute Gasteiger partial charge is 0.495 e. The van der Waals surface area contributed by atoms with Crippen LogP contribution >= 0.6 is 0 Å². The molecule has 1 aromatic rings. The lowest BCUT2D eigenvalue weighted by atomic mass is 10.2. The molecule has 0 heterocycles. The van der Waals surface area contributed by atoms with E-state index in [-0.39, 0.29) is 11.5 Å². The summed E-state index contributed by atoms with van der Waals surface area (Å²) in [6, 6.07) is 4.57. The predicted molar refractivity (Wildman–Crippen MR) is 75.6 cm³/mol. The predicted octanol–water partition coefficient (Wildman–Crippen LogP) is 1.35. The zero-order valence-corrected chi connectivity index (χ0v) is 11.9. The molecule has 20 heavy (non-hydrogen) atoms. The van der Waals surface area contributed by atoms with Gasteiger partial charge in [0.25, 0.3) is 5.91 Å². The number of hydrogen-bond acceptors (Lipinski definition) is 5. The molecule has 3 N–H and O–H groups in total. The van der Waals surface area contributed by atoms with Gasteiger partial charge in [-0.1, -0.05) is 6.92 Å². The Labute approximate surface area is 118 Å². The van der Waals surface area contributed by atoms with E-state index in [4.69, 9.17) is 15.2 Å². The molecule has 0 aliphatic rings. The molecular weight excluding hydrogens is 260 g/mol. The van der Waals surface area contributed by atoms with Crippen molar-refractivity contribution < 1.29 is 19.1 Å². The Kier molecular flexibility index (Phi) is 5.83. The lowest BCUT2D eigenvalue weighted by molar-refractivity contribution is -0.129. The Morgan fingerprint density at radius 2 is 2.10 bits per heavy atom. The van der Waals surface area contributed by atoms with Gasteiger partial charge in [-0.05, 0) is 31.5 Å². The molecule has 0 fully saturated rings. The van der Waals surface area contributed by atoms with Gasteiger partial charge in [0.1, 0.15) is 5.75 Å². The third kappa shape index (κ3) is 4.15. The highest BCUT2D eigenvalue weighted by molar-refractivity contribution is 5.93. The van der Waals surface area contributed by atoms with Crippen molar-refractivity contribution in [3.8, 4) is 5.75 Å². The van der Waals surface area contributed by atoms with Gasteiger partial charge in [0.15, 0.2) is 6.10 Å². The molecule has 1 aromatic carbocycles. The Bertz CT molecular complexity index is 488. The van der Waals surface area contributed by atoms with Crippen LogP contribution in [-0.2, 0) is 9.53 Å². The zero-order chi connectivity index (χ0) is 15.1. The summed E-state index contributed by atoms with van der Waals surface area (Å²) in [6.07, 6.45) is -0.0288. The van der Waals surface area contributed by atoms with Gasteiger partial charge in [-0.15, -0.1) is 0 Å². The Hall–Kier alpha value is -2.24. The summed E-state index contributed by atoms with van der Waals surface area (Å²) in [7, 11) is 1.49. The van der Waals surface area contributed by atoms with Gasteiger partial charge in [-0.3, -0.25) is 4.79 Å². The molecule has 0 saturated carbocycles. The SMILES string of the molecule is CCCNC(=O)C(C)OC(=O)c1ccc(OC)c(N)c1. The number of carbonyl (C=O) groups excluding carboxylic acids is 2. The standard InChI is InChI=1S/C14H20N2O4/c1-4-7-16-13(17)9(2)20-14(18)10-5-6-12(19-3)11(15)8-10/h5-6,8-9H,4,7,15H2,1-3H3,(H,16,17). The molecule has 0 aliphatic carbocycles. The normalized spacial score (nSPS) is 11.6. The minimum absolute atomic E-state index is 0.276. The fourth-order valence-electron chi connectivity index (χ4n) is 1.54. The van der Waals surface area contributed by atoms with E-state index in [1.807, 2.05) is 6.92 Å². The summed E-state index contributed by atoms with van der Waals surface area (Å²) in [5.41, 5.74) is 6.33. The van der Waals surface area contributed by atoms with Gasteiger partial charge in [-0.25, -0.2) is 4.79 Å². The molecular formula is C14H20N2O4. The number of hydrogen-bond donors (Lipinski definition) is 2. The smallest absolute Gasteiger partial charge is 0.338 e. The number of methoxy groups -OCH3 is 1. The molecule has 1 rings (SSSR count). The van der Waals surface area contributed by atoms with Crippen molar-refractivity contribution in [1.29, 1.82) is 0 Å². The Morgan fingerprint density at radius 1 is 1.40 bits per heavy atom. The first kappa shape index (κ1) is 15.8. The quantitative estimate of drug-likeness (QED) is 0.606. The third-order valence-corrected chi connectivity index (χ3v) is 2.67. The van der Waals surface area contributed by atoms with Crippen LogP contribution in [0, 0.1) is 0 Å². The van der Waals surface area contributed by atoms with Gasteiger partial charge in [0.2, 0.25) is 0 Å². The molecule has 0 aliphatic heterocycles. The fraction of sp³-hybridized carbons (Fsp3) is 0.429. The van der Waals surface area contributed by atoms with Crippen molar-refractivity contribution in [3.63, 3.8) is 0 Å². The van der Waals surface area contributed by atoms with E-state index in [1.54, 1.807) is 6.07 Å². The number of ether oxygens (including phenoxy) is 2. The molecule has 0 bridgehead atoms. The summed E-state index contributed by atoms with van der Waals surface area (Å²) in [5, 5.41) is 2.66. The highest BCUT2D eigenvalue weighted by Crippen LogP contribution is 2.22. The summed E-state index contributed by atoms with van der Waals surface area (Å²) in [5.74, 6) is -0.435. The number of rotatable bonds is 6. The van der Waals surface area contributed by atoms with E-state index in [0.29, 0.717) is 18.0 Å². The minimum Gasteiger partial charge on any atom is -0.495 e. The van der Waals surface area contributed by atoms with Crippen LogP contribution in [0.15, 0.2) is 18.2 Å². The van der Waals surface area contributed by atoms with Crippen molar-refractivity contribution in [1.82, 2.24) is 5.32 Å². The maximum absolute atomic E-state index is 11.9. The number of nitrogen functional groups attached to an aromatic ring is 1. The zero-order valence-electron chi connectivity index (χ0n) is 11.9. The molecule has 0 saturated heterocycles. The molecule has 0 radical (unpaired) electrons. The molecule has 1 amide bonds. The van der Waals surface area contributed by atoms with Crippen LogP contribution in [0.4, 0.5) is 5.69 Å². The molecule has 6 nitrogen and oxygen atoms in total. The molecule has 0 aromatic heterocycles. The first-order valence-corrected chi connectivity index (χ1v) is 6.41. The van der Waals surface area contributed by atoms with Gasteiger partial charge in [0.05, 0.1) is 18.4 Å². The number of nitrogens with two attached hydrogens (primary N) is 1. The van der Waals surface area contributed by atoms with Crippen LogP contribution in [0.5, 0.6) is 5.75 Å². The van der Waals surface area contributed by atoms with Crippen LogP contribution in [0.3, 0.4) is 0 Å². The minimum atomic E-state index is -0.850. The number of nitrogens with one attached hydrogen (secondary N) is 1. The maximum atomic E-state index is 11.9. The first-order chi connectivity index (χ1) is 9.49. The van der Waals surface area contributed by atoms with Gasteiger partial charge in [-0.2, -0.15) is 0 Å². The second-order valence-corrected chi connectivity index (χ2v) is 4.30. The number of anilines is 1. The van der Waals surface area contributed by atoms with Crippen LogP contribution in [0.25, 0.3) is 0 Å². The summed E-state index contributed by atoms with van der Waals surface area (Å²) in [6.45, 7) is 4.02. The summed E-state index contributed by atoms with van der Waals surface area (Å²) >= 11 is 0. The summed E-state index contributed by atoms with van der Waals surface area (Å²) in [4.78, 5) is 23.5. The molecule has 1 atom stereocenters. The van der Waals surface area contributed by atoms with E-state index in [0.717, 1.165) is 6.42 Å². The topological polar surface area (TPSA) is 90.6 Å². The molecule has 6 heteroatoms. The van der Waals surface area contributed by atoms with E-state index < -0.39 is 12.1 Å². The van der Waals surface area contributed by atoms with E-state index in [1.165, 1.54) is 26.2 Å². The highest BCUT2D eigenvalue weighted by atomic mass is 16.5. The van der Waals surface area contributed by atoms with E-state index >= 15 is 0 Å². The van der Waals surface area contributed by atoms with Crippen molar-refractivity contribution in [2.24, 2.45) is 0 Å². The number of amides is 1. The fourth-order valence-corrected chi connectivity index (χ4v) is 1.54. The van der Waals surface area contributed by atoms with Crippen LogP contribution in [0.1, 0.15) is 30.6 Å². The average molecular weight is 280 g/mol. The average Bonchev–Trinajstić information content (AvgIpc) is 2.44.